The van der Waals surface area contributed by atoms with Crippen LogP contribution in [0.3, 0.4) is 0 Å². The Kier molecular flexibility index (Phi) is 7.64. The summed E-state index contributed by atoms with van der Waals surface area (Å²) in [6, 6.07) is 40.8. The van der Waals surface area contributed by atoms with Crippen molar-refractivity contribution in [3.63, 3.8) is 0 Å². The van der Waals surface area contributed by atoms with Crippen molar-refractivity contribution < 1.29 is 9.30 Å². The molecule has 0 aliphatic heterocycles. The van der Waals surface area contributed by atoms with Crippen LogP contribution >= 0.6 is 0 Å². The minimum atomic E-state index is 0.00853. The van der Waals surface area contributed by atoms with Crippen LogP contribution in [0, 0.1) is 13.8 Å². The van der Waals surface area contributed by atoms with Gasteiger partial charge in [-0.3, -0.25) is 4.57 Å². The van der Waals surface area contributed by atoms with Crippen molar-refractivity contribution in [2.45, 2.75) is 66.2 Å². The summed E-state index contributed by atoms with van der Waals surface area (Å²) in [7, 11) is 0. The van der Waals surface area contributed by atoms with Gasteiger partial charge in [0.05, 0.1) is 11.0 Å². The molecule has 51 heavy (non-hydrogen) atoms. The van der Waals surface area contributed by atoms with Gasteiger partial charge in [0.1, 0.15) is 28.7 Å². The summed E-state index contributed by atoms with van der Waals surface area (Å²) in [5.41, 5.74) is 11.9. The molecule has 5 aromatic carbocycles. The average molecular weight is 670 g/mol. The summed E-state index contributed by atoms with van der Waals surface area (Å²) in [6.45, 7) is 18.0. The van der Waals surface area contributed by atoms with Crippen LogP contribution in [0.1, 0.15) is 63.8 Å². The molecule has 0 aliphatic rings. The Hall–Kier alpha value is -5.68. The third kappa shape index (κ3) is 5.77. The molecule has 8 aromatic rings. The SMILES string of the molecule is Cc1cc(C(C)(C)C)cc(C)c1-[n+]1cn(-c2cccc(Oc3ccc4c5ccccc5n(-c5cc(C(C)(C)C)ccn5)c4c3)c2)c2ccccc21. The Labute approximate surface area is 300 Å². The highest BCUT2D eigenvalue weighted by atomic mass is 16.5. The van der Waals surface area contributed by atoms with Gasteiger partial charge in [0, 0.05) is 29.1 Å². The summed E-state index contributed by atoms with van der Waals surface area (Å²) < 4.78 is 13.5. The number of hydrogen-bond acceptors (Lipinski definition) is 2. The second-order valence-corrected chi connectivity index (χ2v) is 15.8. The highest BCUT2D eigenvalue weighted by Crippen LogP contribution is 2.36. The number of rotatable bonds is 5. The Bertz CT molecular complexity index is 2580. The standard InChI is InChI=1S/C46H45N4O/c1-30-24-33(46(6,7)8)25-31(2)44(30)49-29-48(40-18-11-12-19-41(40)49)34-14-13-15-35(27-34)51-36-20-21-38-37-16-9-10-17-39(37)50(42(38)28-36)43-26-32(22-23-47-43)45(3,4)5/h9-29H,1-8H3/q+1. The molecule has 0 saturated heterocycles. The van der Waals surface area contributed by atoms with Gasteiger partial charge >= 0.3 is 0 Å². The van der Waals surface area contributed by atoms with Crippen LogP contribution in [0.5, 0.6) is 11.5 Å². The van der Waals surface area contributed by atoms with Crippen LogP contribution in [0.15, 0.2) is 128 Å². The lowest BCUT2D eigenvalue weighted by Gasteiger charge is -2.21. The lowest BCUT2D eigenvalue weighted by Crippen LogP contribution is -2.31. The molecular formula is C46H45N4O+. The van der Waals surface area contributed by atoms with Crippen molar-refractivity contribution in [2.75, 3.05) is 0 Å². The fourth-order valence-electron chi connectivity index (χ4n) is 7.37. The molecule has 0 atom stereocenters. The van der Waals surface area contributed by atoms with E-state index in [1.807, 2.05) is 12.3 Å². The van der Waals surface area contributed by atoms with Gasteiger partial charge in [0.2, 0.25) is 0 Å². The molecule has 0 bridgehead atoms. The molecule has 0 aliphatic carbocycles. The molecule has 0 unspecified atom stereocenters. The zero-order valence-corrected chi connectivity index (χ0v) is 30.8. The average Bonchev–Trinajstić information content (AvgIpc) is 3.63. The topological polar surface area (TPSA) is 35.9 Å². The summed E-state index contributed by atoms with van der Waals surface area (Å²) in [4.78, 5) is 4.85. The predicted molar refractivity (Wildman–Crippen MR) is 210 cm³/mol. The first kappa shape index (κ1) is 32.5. The monoisotopic (exact) mass is 669 g/mol. The van der Waals surface area contributed by atoms with Crippen molar-refractivity contribution in [1.82, 2.24) is 14.1 Å². The highest BCUT2D eigenvalue weighted by molar-refractivity contribution is 6.09. The van der Waals surface area contributed by atoms with Crippen molar-refractivity contribution in [3.8, 4) is 28.7 Å². The van der Waals surface area contributed by atoms with Gasteiger partial charge in [-0.25, -0.2) is 4.98 Å². The quantitative estimate of drug-likeness (QED) is 0.171. The highest BCUT2D eigenvalue weighted by Gasteiger charge is 2.24. The van der Waals surface area contributed by atoms with Crippen LogP contribution in [0.4, 0.5) is 0 Å². The second kappa shape index (κ2) is 12.0. The minimum absolute atomic E-state index is 0.00853. The van der Waals surface area contributed by atoms with E-state index < -0.39 is 0 Å². The molecule has 254 valence electrons. The molecule has 0 spiro atoms. The molecule has 0 N–H and O–H groups in total. The van der Waals surface area contributed by atoms with Crippen molar-refractivity contribution in [3.05, 3.63) is 150 Å². The van der Waals surface area contributed by atoms with Crippen LogP contribution in [-0.4, -0.2) is 14.1 Å². The largest absolute Gasteiger partial charge is 0.457 e. The Morgan fingerprint density at radius 2 is 1.25 bits per heavy atom. The number of hydrogen-bond donors (Lipinski definition) is 0. The van der Waals surface area contributed by atoms with Gasteiger partial charge in [-0.05, 0) is 102 Å². The summed E-state index contributed by atoms with van der Waals surface area (Å²) in [5.74, 6) is 2.45. The third-order valence-corrected chi connectivity index (χ3v) is 10.0. The fourth-order valence-corrected chi connectivity index (χ4v) is 7.37. The number of imidazole rings is 1. The van der Waals surface area contributed by atoms with E-state index >= 15 is 0 Å². The Morgan fingerprint density at radius 3 is 2.00 bits per heavy atom. The zero-order chi connectivity index (χ0) is 35.7. The van der Waals surface area contributed by atoms with E-state index in [0.29, 0.717) is 0 Å². The Morgan fingerprint density at radius 1 is 0.588 bits per heavy atom. The number of pyridine rings is 1. The molecule has 3 heterocycles. The maximum absolute atomic E-state index is 6.65. The van der Waals surface area contributed by atoms with E-state index in [-0.39, 0.29) is 10.8 Å². The molecule has 8 rings (SSSR count). The van der Waals surface area contributed by atoms with E-state index in [9.17, 15) is 0 Å². The van der Waals surface area contributed by atoms with E-state index in [0.717, 1.165) is 45.1 Å². The molecule has 0 fully saturated rings. The van der Waals surface area contributed by atoms with E-state index in [1.165, 1.54) is 38.7 Å². The van der Waals surface area contributed by atoms with E-state index in [4.69, 9.17) is 9.72 Å². The van der Waals surface area contributed by atoms with Crippen molar-refractivity contribution in [1.29, 1.82) is 0 Å². The number of benzene rings is 5. The molecule has 5 heteroatoms. The molecule has 0 saturated carbocycles. The predicted octanol–water partition coefficient (Wildman–Crippen LogP) is 11.4. The van der Waals surface area contributed by atoms with Gasteiger partial charge in [0.15, 0.2) is 11.0 Å². The smallest absolute Gasteiger partial charge is 0.255 e. The zero-order valence-electron chi connectivity index (χ0n) is 30.8. The molecular weight excluding hydrogens is 625 g/mol. The lowest BCUT2D eigenvalue weighted by atomic mass is 9.84. The summed E-state index contributed by atoms with van der Waals surface area (Å²) in [6.07, 6.45) is 4.12. The molecule has 3 aromatic heterocycles. The fraction of sp³-hybridized carbons (Fsp3) is 0.217. The van der Waals surface area contributed by atoms with Gasteiger partial charge < -0.3 is 4.74 Å². The minimum Gasteiger partial charge on any atom is -0.457 e. The molecule has 5 nitrogen and oxygen atoms in total. The van der Waals surface area contributed by atoms with Crippen LogP contribution < -0.4 is 9.30 Å². The molecule has 0 radical (unpaired) electrons. The van der Waals surface area contributed by atoms with Crippen molar-refractivity contribution >= 4 is 32.8 Å². The van der Waals surface area contributed by atoms with E-state index in [1.54, 1.807) is 0 Å². The second-order valence-electron chi connectivity index (χ2n) is 15.8. The summed E-state index contributed by atoms with van der Waals surface area (Å²) in [5, 5.41) is 2.36. The van der Waals surface area contributed by atoms with Crippen LogP contribution in [-0.2, 0) is 10.8 Å². The first-order valence-electron chi connectivity index (χ1n) is 17.8. The maximum Gasteiger partial charge on any atom is 0.255 e. The molecule has 0 amide bonds. The Balaban J connectivity index is 1.20. The third-order valence-electron chi connectivity index (χ3n) is 10.0. The lowest BCUT2D eigenvalue weighted by molar-refractivity contribution is -0.568. The number of ether oxygens (including phenoxy) is 1. The normalized spacial score (nSPS) is 12.3. The van der Waals surface area contributed by atoms with Gasteiger partial charge in [-0.2, -0.15) is 9.13 Å². The van der Waals surface area contributed by atoms with Gasteiger partial charge in [0.25, 0.3) is 6.33 Å². The first-order chi connectivity index (χ1) is 24.4. The van der Waals surface area contributed by atoms with Gasteiger partial charge in [-0.15, -0.1) is 0 Å². The number of para-hydroxylation sites is 3. The van der Waals surface area contributed by atoms with Crippen LogP contribution in [0.25, 0.3) is 50.0 Å². The first-order valence-corrected chi connectivity index (χ1v) is 17.8. The van der Waals surface area contributed by atoms with Crippen molar-refractivity contribution in [2.24, 2.45) is 0 Å². The van der Waals surface area contributed by atoms with Crippen LogP contribution in [0.2, 0.25) is 0 Å². The number of fused-ring (bicyclic) bond motifs is 4. The summed E-state index contributed by atoms with van der Waals surface area (Å²) >= 11 is 0. The number of aromatic nitrogens is 4. The number of aryl methyl sites for hydroxylation is 2. The van der Waals surface area contributed by atoms with E-state index in [2.05, 4.69) is 185 Å². The number of nitrogens with zero attached hydrogens (tertiary/aromatic N) is 4. The van der Waals surface area contributed by atoms with Gasteiger partial charge in [-0.1, -0.05) is 90.1 Å². The maximum atomic E-state index is 6.65.